The summed E-state index contributed by atoms with van der Waals surface area (Å²) in [5, 5.41) is 60.3. The van der Waals surface area contributed by atoms with Crippen LogP contribution in [0.4, 0.5) is 5.69 Å². The summed E-state index contributed by atoms with van der Waals surface area (Å²) < 4.78 is 0. The number of rotatable bonds is 5. The van der Waals surface area contributed by atoms with Crippen molar-refractivity contribution in [3.05, 3.63) is 63.6 Å². The van der Waals surface area contributed by atoms with E-state index in [0.29, 0.717) is 12.0 Å². The monoisotopic (exact) mass is 551 g/mol. The Morgan fingerprint density at radius 1 is 1.20 bits per heavy atom. The number of aromatic hydroxyl groups is 1. The maximum atomic E-state index is 14.1. The fourth-order valence-electron chi connectivity index (χ4n) is 6.81. The number of benzene rings is 1. The minimum atomic E-state index is -2.94. The van der Waals surface area contributed by atoms with Crippen LogP contribution in [0.5, 0.6) is 5.75 Å². The number of phenolic OH excluding ortho intramolecular Hbond substituents is 1. The van der Waals surface area contributed by atoms with Crippen molar-refractivity contribution in [2.45, 2.75) is 50.4 Å². The predicted octanol–water partition coefficient (Wildman–Crippen LogP) is 1.53. The van der Waals surface area contributed by atoms with Crippen molar-refractivity contribution < 1.29 is 39.9 Å². The lowest BCUT2D eigenvalue weighted by molar-refractivity contribution is -0.169. The average Bonchev–Trinajstić information content (AvgIpc) is 3.34. The number of phenols is 1. The smallest absolute Gasteiger partial charge is 0.255 e. The van der Waals surface area contributed by atoms with Crippen LogP contribution in [0.2, 0.25) is 0 Å². The van der Waals surface area contributed by atoms with Gasteiger partial charge in [0.05, 0.1) is 29.3 Å². The third kappa shape index (κ3) is 3.58. The van der Waals surface area contributed by atoms with Gasteiger partial charge >= 0.3 is 0 Å². The molecule has 0 bridgehead atoms. The van der Waals surface area contributed by atoms with Gasteiger partial charge in [-0.3, -0.25) is 19.3 Å². The van der Waals surface area contributed by atoms with Crippen LogP contribution in [-0.4, -0.2) is 79.7 Å². The first-order valence-electron chi connectivity index (χ1n) is 13.1. The molecule has 5 rings (SSSR count). The first kappa shape index (κ1) is 27.6. The lowest BCUT2D eigenvalue weighted by Crippen LogP contribution is -2.70. The number of nitrogens with zero attached hydrogens (tertiary/aromatic N) is 1. The molecule has 1 aromatic carbocycles. The van der Waals surface area contributed by atoms with Crippen LogP contribution in [-0.2, 0) is 14.4 Å². The summed E-state index contributed by atoms with van der Waals surface area (Å²) in [6, 6.07) is 1.93. The Labute approximate surface area is 230 Å². The topological polar surface area (TPSA) is 194 Å². The standard InChI is InChI=1S/C29H33N3O8/c1-5-12-6-7-13(10-12)31-15-9-8-14-11(2)16-18(23(34)17(14)22(15)33)26(37)29(40)20(24(16)35)21(32(3)4)25(36)19(27(29)38)28(30)39/h6,8-11,16,20-21,24,31,33-35,38,40H,5,7H2,1-4H3,(H2,30,39)/t11-,16+,20+,21-,24-,29-/m1/s1. The highest BCUT2D eigenvalue weighted by Crippen LogP contribution is 2.56. The van der Waals surface area contributed by atoms with Crippen LogP contribution in [0, 0.1) is 11.8 Å². The molecule has 4 aliphatic carbocycles. The molecule has 1 amide bonds. The number of ketones is 2. The largest absolute Gasteiger partial charge is 0.508 e. The number of hydrogen-bond acceptors (Lipinski definition) is 10. The number of Topliss-reactive ketones (excluding diaryl/α,β-unsaturated/α-hetero) is 2. The van der Waals surface area contributed by atoms with Gasteiger partial charge < -0.3 is 36.6 Å². The van der Waals surface area contributed by atoms with E-state index in [1.807, 2.05) is 13.0 Å². The number of hydrogen-bond donors (Lipinski definition) is 7. The summed E-state index contributed by atoms with van der Waals surface area (Å²) in [6.07, 6.45) is 3.87. The summed E-state index contributed by atoms with van der Waals surface area (Å²) in [4.78, 5) is 40.8. The average molecular weight is 552 g/mol. The number of primary amides is 1. The SMILES string of the molecule is CCC1=CCC(Nc2ccc3c(c2O)C(O)=C2C(=O)[C@@]4(O)C(O)=C(C(N)=O)C(=O)[C@H](N(C)C)[C@H]4[C@H](O)[C@H]2[C@@H]3C)=C1. The van der Waals surface area contributed by atoms with Crippen LogP contribution >= 0.6 is 0 Å². The number of nitrogens with one attached hydrogen (secondary N) is 1. The Bertz CT molecular complexity index is 1490. The second-order valence-corrected chi connectivity index (χ2v) is 11.1. The summed E-state index contributed by atoms with van der Waals surface area (Å²) >= 11 is 0. The molecule has 11 nitrogen and oxygen atoms in total. The number of aliphatic hydroxyl groups excluding tert-OH is 3. The van der Waals surface area contributed by atoms with E-state index in [9.17, 15) is 39.9 Å². The molecular weight excluding hydrogens is 518 g/mol. The summed E-state index contributed by atoms with van der Waals surface area (Å²) in [7, 11) is 2.93. The molecule has 212 valence electrons. The van der Waals surface area contributed by atoms with E-state index < -0.39 is 75.6 Å². The van der Waals surface area contributed by atoms with Gasteiger partial charge in [0.2, 0.25) is 5.78 Å². The van der Waals surface area contributed by atoms with E-state index >= 15 is 0 Å². The number of fused-ring (bicyclic) bond motifs is 3. The van der Waals surface area contributed by atoms with Gasteiger partial charge in [-0.15, -0.1) is 0 Å². The number of aliphatic hydroxyl groups is 4. The van der Waals surface area contributed by atoms with E-state index in [-0.39, 0.29) is 17.0 Å². The number of allylic oxidation sites excluding steroid dienone is 3. The third-order valence-corrected chi connectivity index (χ3v) is 8.78. The molecule has 1 fully saturated rings. The molecule has 6 atom stereocenters. The number of nitrogens with two attached hydrogens (primary N) is 1. The molecule has 8 N–H and O–H groups in total. The molecule has 1 saturated carbocycles. The first-order valence-corrected chi connectivity index (χ1v) is 13.1. The fraction of sp³-hybridized carbons (Fsp3) is 0.414. The van der Waals surface area contributed by atoms with Gasteiger partial charge in [0.1, 0.15) is 22.8 Å². The van der Waals surface area contributed by atoms with Crippen molar-refractivity contribution in [1.82, 2.24) is 4.90 Å². The maximum absolute atomic E-state index is 14.1. The predicted molar refractivity (Wildman–Crippen MR) is 145 cm³/mol. The zero-order valence-corrected chi connectivity index (χ0v) is 22.6. The molecule has 1 aromatic rings. The van der Waals surface area contributed by atoms with Crippen LogP contribution in [0.1, 0.15) is 43.7 Å². The molecule has 0 aromatic heterocycles. The van der Waals surface area contributed by atoms with Gasteiger partial charge in [-0.25, -0.2) is 0 Å². The molecule has 0 unspecified atom stereocenters. The normalized spacial score (nSPS) is 31.5. The van der Waals surface area contributed by atoms with Crippen molar-refractivity contribution in [2.75, 3.05) is 19.4 Å². The molecule has 0 heterocycles. The van der Waals surface area contributed by atoms with E-state index in [4.69, 9.17) is 5.73 Å². The van der Waals surface area contributed by atoms with Crippen molar-refractivity contribution >= 4 is 28.9 Å². The summed E-state index contributed by atoms with van der Waals surface area (Å²) in [5.41, 5.74) is 3.68. The van der Waals surface area contributed by atoms with Crippen LogP contribution in [0.15, 0.2) is 52.5 Å². The third-order valence-electron chi connectivity index (χ3n) is 8.78. The van der Waals surface area contributed by atoms with Gasteiger partial charge in [-0.05, 0) is 44.1 Å². The van der Waals surface area contributed by atoms with Crippen LogP contribution in [0.3, 0.4) is 0 Å². The molecule has 4 aliphatic rings. The Kier molecular flexibility index (Phi) is 6.44. The number of carbonyl (C=O) groups excluding carboxylic acids is 3. The zero-order valence-electron chi connectivity index (χ0n) is 22.6. The van der Waals surface area contributed by atoms with Crippen molar-refractivity contribution in [3.63, 3.8) is 0 Å². The summed E-state index contributed by atoms with van der Waals surface area (Å²) in [6.45, 7) is 3.72. The number of anilines is 1. The number of amides is 1. The quantitative estimate of drug-likeness (QED) is 0.208. The van der Waals surface area contributed by atoms with E-state index in [1.165, 1.54) is 19.0 Å². The van der Waals surface area contributed by atoms with E-state index in [0.717, 1.165) is 17.7 Å². The summed E-state index contributed by atoms with van der Waals surface area (Å²) in [5.74, 6) is -9.09. The van der Waals surface area contributed by atoms with E-state index in [1.54, 1.807) is 19.1 Å². The molecule has 11 heteroatoms. The number of carbonyl (C=O) groups is 3. The Balaban J connectivity index is 1.69. The highest BCUT2D eigenvalue weighted by atomic mass is 16.4. The molecule has 0 radical (unpaired) electrons. The van der Waals surface area contributed by atoms with Gasteiger partial charge in [-0.1, -0.05) is 31.6 Å². The molecule has 0 aliphatic heterocycles. The van der Waals surface area contributed by atoms with Gasteiger partial charge in [0, 0.05) is 23.6 Å². The Morgan fingerprint density at radius 3 is 2.45 bits per heavy atom. The molecular formula is C29H33N3O8. The van der Waals surface area contributed by atoms with E-state index in [2.05, 4.69) is 11.4 Å². The molecule has 40 heavy (non-hydrogen) atoms. The van der Waals surface area contributed by atoms with Crippen molar-refractivity contribution in [3.8, 4) is 5.75 Å². The maximum Gasteiger partial charge on any atom is 0.255 e. The lowest BCUT2D eigenvalue weighted by atomic mass is 9.54. The lowest BCUT2D eigenvalue weighted by Gasteiger charge is -2.53. The fourth-order valence-corrected chi connectivity index (χ4v) is 6.81. The number of likely N-dealkylation sites (N-methyl/N-ethyl adjacent to an activating group) is 1. The first-order chi connectivity index (χ1) is 18.8. The minimum Gasteiger partial charge on any atom is -0.508 e. The molecule has 0 saturated heterocycles. The second-order valence-electron chi connectivity index (χ2n) is 11.1. The van der Waals surface area contributed by atoms with Gasteiger partial charge in [-0.2, -0.15) is 0 Å². The van der Waals surface area contributed by atoms with Crippen LogP contribution in [0.25, 0.3) is 5.76 Å². The highest BCUT2D eigenvalue weighted by Gasteiger charge is 2.68. The zero-order chi connectivity index (χ0) is 29.4. The molecule has 0 spiro atoms. The van der Waals surface area contributed by atoms with Crippen molar-refractivity contribution in [2.24, 2.45) is 17.6 Å². The Hall–Kier alpha value is -3.93. The minimum absolute atomic E-state index is 0.0525. The van der Waals surface area contributed by atoms with Crippen LogP contribution < -0.4 is 11.1 Å². The van der Waals surface area contributed by atoms with Gasteiger partial charge in [0.25, 0.3) is 5.91 Å². The van der Waals surface area contributed by atoms with Crippen molar-refractivity contribution in [1.29, 1.82) is 0 Å². The second kappa shape index (κ2) is 9.33. The Morgan fingerprint density at radius 2 is 1.88 bits per heavy atom. The van der Waals surface area contributed by atoms with Gasteiger partial charge in [0.15, 0.2) is 11.4 Å². The highest BCUT2D eigenvalue weighted by molar-refractivity contribution is 6.24.